The van der Waals surface area contributed by atoms with Gasteiger partial charge in [-0.2, -0.15) is 13.2 Å². The van der Waals surface area contributed by atoms with Gasteiger partial charge in [0.2, 0.25) is 0 Å². The quantitative estimate of drug-likeness (QED) is 0.829. The molecule has 17 heavy (non-hydrogen) atoms. The Morgan fingerprint density at radius 2 is 2.06 bits per heavy atom. The SMILES string of the molecule is CC(C)c1cc(NCCSC(F)(F)F)ncn1. The Morgan fingerprint density at radius 1 is 1.35 bits per heavy atom. The van der Waals surface area contributed by atoms with Crippen LogP contribution >= 0.6 is 11.8 Å². The molecular weight excluding hydrogens is 251 g/mol. The van der Waals surface area contributed by atoms with Crippen LogP contribution in [0.1, 0.15) is 25.5 Å². The van der Waals surface area contributed by atoms with Crippen LogP contribution in [-0.4, -0.2) is 27.8 Å². The molecule has 0 atom stereocenters. The van der Waals surface area contributed by atoms with E-state index in [1.165, 1.54) is 6.33 Å². The van der Waals surface area contributed by atoms with Crippen molar-refractivity contribution in [2.45, 2.75) is 25.3 Å². The zero-order valence-electron chi connectivity index (χ0n) is 9.58. The summed E-state index contributed by atoms with van der Waals surface area (Å²) in [5.41, 5.74) is -3.30. The van der Waals surface area contributed by atoms with Gasteiger partial charge in [-0.15, -0.1) is 0 Å². The molecule has 0 amide bonds. The number of alkyl halides is 3. The highest BCUT2D eigenvalue weighted by molar-refractivity contribution is 8.00. The third-order valence-electron chi connectivity index (χ3n) is 1.95. The maximum Gasteiger partial charge on any atom is 0.441 e. The van der Waals surface area contributed by atoms with Gasteiger partial charge < -0.3 is 5.32 Å². The lowest BCUT2D eigenvalue weighted by Crippen LogP contribution is -2.10. The van der Waals surface area contributed by atoms with Crippen molar-refractivity contribution in [3.63, 3.8) is 0 Å². The van der Waals surface area contributed by atoms with Gasteiger partial charge in [0.25, 0.3) is 0 Å². The molecule has 0 spiro atoms. The van der Waals surface area contributed by atoms with Crippen molar-refractivity contribution in [3.8, 4) is 0 Å². The molecule has 7 heteroatoms. The lowest BCUT2D eigenvalue weighted by atomic mass is 10.1. The Balaban J connectivity index is 2.39. The van der Waals surface area contributed by atoms with Gasteiger partial charge in [-0.05, 0) is 17.7 Å². The molecule has 0 aromatic carbocycles. The van der Waals surface area contributed by atoms with E-state index in [-0.39, 0.29) is 30.0 Å². The standard InChI is InChI=1S/C10H14F3N3S/c1-7(2)8-5-9(16-6-15-8)14-3-4-17-10(11,12)13/h5-7H,3-4H2,1-2H3,(H,14,15,16). The molecule has 96 valence electrons. The van der Waals surface area contributed by atoms with Crippen LogP contribution in [0.4, 0.5) is 19.0 Å². The third kappa shape index (κ3) is 5.76. The second-order valence-electron chi connectivity index (χ2n) is 3.70. The van der Waals surface area contributed by atoms with Crippen molar-refractivity contribution in [1.82, 2.24) is 9.97 Å². The number of anilines is 1. The predicted molar refractivity (Wildman–Crippen MR) is 63.1 cm³/mol. The van der Waals surface area contributed by atoms with E-state index in [1.807, 2.05) is 13.8 Å². The van der Waals surface area contributed by atoms with Crippen molar-refractivity contribution in [2.24, 2.45) is 0 Å². The van der Waals surface area contributed by atoms with Gasteiger partial charge in [-0.3, -0.25) is 0 Å². The van der Waals surface area contributed by atoms with Gasteiger partial charge in [-0.25, -0.2) is 9.97 Å². The van der Waals surface area contributed by atoms with Crippen molar-refractivity contribution in [1.29, 1.82) is 0 Å². The molecule has 0 unspecified atom stereocenters. The molecule has 0 fully saturated rings. The van der Waals surface area contributed by atoms with Crippen LogP contribution in [0, 0.1) is 0 Å². The van der Waals surface area contributed by atoms with Crippen LogP contribution in [0.25, 0.3) is 0 Å². The minimum absolute atomic E-state index is 0.0372. The molecular formula is C10H14F3N3S. The lowest BCUT2D eigenvalue weighted by molar-refractivity contribution is -0.0327. The van der Waals surface area contributed by atoms with Crippen LogP contribution in [0.2, 0.25) is 0 Å². The molecule has 1 N–H and O–H groups in total. The summed E-state index contributed by atoms with van der Waals surface area (Å²) < 4.78 is 35.6. The number of hydrogen-bond donors (Lipinski definition) is 1. The van der Waals surface area contributed by atoms with E-state index in [9.17, 15) is 13.2 Å². The molecule has 1 rings (SSSR count). The Morgan fingerprint density at radius 3 is 2.65 bits per heavy atom. The first kappa shape index (κ1) is 14.1. The van der Waals surface area contributed by atoms with Gasteiger partial charge in [0.1, 0.15) is 12.1 Å². The van der Waals surface area contributed by atoms with Crippen LogP contribution in [-0.2, 0) is 0 Å². The predicted octanol–water partition coefficient (Wildman–Crippen LogP) is 3.26. The van der Waals surface area contributed by atoms with E-state index in [1.54, 1.807) is 6.07 Å². The third-order valence-corrected chi connectivity index (χ3v) is 2.69. The second-order valence-corrected chi connectivity index (χ2v) is 4.86. The largest absolute Gasteiger partial charge is 0.441 e. The van der Waals surface area contributed by atoms with Gasteiger partial charge in [0.15, 0.2) is 0 Å². The number of hydrogen-bond acceptors (Lipinski definition) is 4. The Kier molecular flexibility index (Phi) is 5.04. The summed E-state index contributed by atoms with van der Waals surface area (Å²) in [7, 11) is 0. The van der Waals surface area contributed by atoms with Crippen molar-refractivity contribution in [2.75, 3.05) is 17.6 Å². The van der Waals surface area contributed by atoms with Crippen molar-refractivity contribution >= 4 is 17.6 Å². The van der Waals surface area contributed by atoms with E-state index in [2.05, 4.69) is 15.3 Å². The van der Waals surface area contributed by atoms with Crippen LogP contribution in [0.3, 0.4) is 0 Å². The minimum Gasteiger partial charge on any atom is -0.369 e. The Labute approximate surface area is 102 Å². The highest BCUT2D eigenvalue weighted by Crippen LogP contribution is 2.29. The fourth-order valence-corrected chi connectivity index (χ4v) is 1.57. The summed E-state index contributed by atoms with van der Waals surface area (Å²) in [5.74, 6) is 0.791. The zero-order chi connectivity index (χ0) is 12.9. The second kappa shape index (κ2) is 6.09. The Hall–Kier alpha value is -0.980. The summed E-state index contributed by atoms with van der Waals surface area (Å²) in [6.45, 7) is 4.20. The van der Waals surface area contributed by atoms with Gasteiger partial charge in [0, 0.05) is 24.1 Å². The number of halogens is 3. The lowest BCUT2D eigenvalue weighted by Gasteiger charge is -2.09. The number of nitrogens with one attached hydrogen (secondary N) is 1. The average molecular weight is 265 g/mol. The fraction of sp³-hybridized carbons (Fsp3) is 0.600. The van der Waals surface area contributed by atoms with E-state index in [4.69, 9.17) is 0 Å². The minimum atomic E-state index is -4.17. The van der Waals surface area contributed by atoms with Crippen LogP contribution < -0.4 is 5.32 Å². The van der Waals surface area contributed by atoms with E-state index >= 15 is 0 Å². The summed E-state index contributed by atoms with van der Waals surface area (Å²) >= 11 is -0.0426. The maximum absolute atomic E-state index is 11.9. The molecule has 0 aliphatic heterocycles. The summed E-state index contributed by atoms with van der Waals surface area (Å²) in [6.07, 6.45) is 1.41. The Bertz CT molecular complexity index is 355. The number of aromatic nitrogens is 2. The molecule has 0 saturated carbocycles. The summed E-state index contributed by atoms with van der Waals surface area (Å²) in [4.78, 5) is 8.01. The highest BCUT2D eigenvalue weighted by atomic mass is 32.2. The van der Waals surface area contributed by atoms with Gasteiger partial charge in [0.05, 0.1) is 0 Å². The monoisotopic (exact) mass is 265 g/mol. The number of thioether (sulfide) groups is 1. The first-order valence-electron chi connectivity index (χ1n) is 5.15. The summed E-state index contributed by atoms with van der Waals surface area (Å²) in [5, 5.41) is 2.84. The maximum atomic E-state index is 11.9. The molecule has 0 radical (unpaired) electrons. The van der Waals surface area contributed by atoms with E-state index < -0.39 is 5.51 Å². The first-order chi connectivity index (χ1) is 7.88. The normalized spacial score (nSPS) is 11.9. The zero-order valence-corrected chi connectivity index (χ0v) is 10.4. The van der Waals surface area contributed by atoms with Crippen LogP contribution in [0.15, 0.2) is 12.4 Å². The molecule has 3 nitrogen and oxygen atoms in total. The van der Waals surface area contributed by atoms with Crippen molar-refractivity contribution < 1.29 is 13.2 Å². The van der Waals surface area contributed by atoms with E-state index in [0.717, 1.165) is 5.69 Å². The van der Waals surface area contributed by atoms with Crippen LogP contribution in [0.5, 0.6) is 0 Å². The molecule has 1 aromatic rings. The molecule has 0 saturated heterocycles. The molecule has 0 bridgehead atoms. The highest BCUT2D eigenvalue weighted by Gasteiger charge is 2.27. The topological polar surface area (TPSA) is 37.8 Å². The smallest absolute Gasteiger partial charge is 0.369 e. The van der Waals surface area contributed by atoms with Crippen molar-refractivity contribution in [3.05, 3.63) is 18.1 Å². The van der Waals surface area contributed by atoms with E-state index in [0.29, 0.717) is 5.82 Å². The molecule has 0 aliphatic rings. The molecule has 0 aliphatic carbocycles. The first-order valence-corrected chi connectivity index (χ1v) is 6.13. The summed E-state index contributed by atoms with van der Waals surface area (Å²) in [6, 6.07) is 1.75. The van der Waals surface area contributed by atoms with Gasteiger partial charge in [-0.1, -0.05) is 13.8 Å². The average Bonchev–Trinajstić information content (AvgIpc) is 2.23. The number of nitrogens with zero attached hydrogens (tertiary/aromatic N) is 2. The number of rotatable bonds is 5. The molecule has 1 heterocycles. The fourth-order valence-electron chi connectivity index (χ4n) is 1.13. The molecule has 1 aromatic heterocycles. The van der Waals surface area contributed by atoms with Gasteiger partial charge >= 0.3 is 5.51 Å².